The van der Waals surface area contributed by atoms with E-state index < -0.39 is 34.3 Å². The highest BCUT2D eigenvalue weighted by Crippen LogP contribution is 2.28. The van der Waals surface area contributed by atoms with Crippen LogP contribution in [0.4, 0.5) is 10.1 Å². The molecule has 230 valence electrons. The molecule has 0 bridgehead atoms. The van der Waals surface area contributed by atoms with Gasteiger partial charge in [-0.2, -0.15) is 0 Å². The van der Waals surface area contributed by atoms with Crippen molar-refractivity contribution >= 4 is 50.7 Å². The highest BCUT2D eigenvalue weighted by atomic mass is 35.5. The molecule has 44 heavy (non-hydrogen) atoms. The topological polar surface area (TPSA) is 86.8 Å². The molecule has 0 aromatic heterocycles. The number of amides is 2. The van der Waals surface area contributed by atoms with Crippen LogP contribution in [0.5, 0.6) is 0 Å². The monoisotopic (exact) mass is 655 g/mol. The van der Waals surface area contributed by atoms with Crippen LogP contribution in [0.15, 0.2) is 108 Å². The van der Waals surface area contributed by atoms with Gasteiger partial charge in [0.15, 0.2) is 0 Å². The Bertz CT molecular complexity index is 1670. The van der Waals surface area contributed by atoms with E-state index in [4.69, 9.17) is 23.2 Å². The van der Waals surface area contributed by atoms with Crippen molar-refractivity contribution in [3.8, 4) is 0 Å². The molecular weight excluding hydrogens is 624 g/mol. The highest BCUT2D eigenvalue weighted by molar-refractivity contribution is 7.92. The molecule has 7 nitrogen and oxygen atoms in total. The van der Waals surface area contributed by atoms with E-state index in [0.29, 0.717) is 23.6 Å². The van der Waals surface area contributed by atoms with Crippen LogP contribution >= 0.6 is 23.2 Å². The number of benzene rings is 4. The molecule has 11 heteroatoms. The Hall–Kier alpha value is -3.92. The average Bonchev–Trinajstić information content (AvgIpc) is 3.01. The highest BCUT2D eigenvalue weighted by Gasteiger charge is 2.34. The number of anilines is 1. The first-order valence-corrected chi connectivity index (χ1v) is 16.2. The van der Waals surface area contributed by atoms with E-state index >= 15 is 0 Å². The SMILES string of the molecule is CCCNC(=O)[C@@H](Cc1ccccc1)N(Cc1ccc(F)cc1)C(=O)CN(c1cccc(Cl)c1)S(=O)(=O)c1ccc(Cl)cc1. The van der Waals surface area contributed by atoms with Gasteiger partial charge in [-0.1, -0.05) is 78.7 Å². The van der Waals surface area contributed by atoms with Gasteiger partial charge in [0.1, 0.15) is 18.4 Å². The minimum absolute atomic E-state index is 0.0689. The molecule has 0 fully saturated rings. The molecule has 0 aliphatic heterocycles. The molecule has 2 amide bonds. The van der Waals surface area contributed by atoms with E-state index in [-0.39, 0.29) is 34.5 Å². The zero-order valence-corrected chi connectivity index (χ0v) is 26.3. The normalized spacial score (nSPS) is 11.9. The number of carbonyl (C=O) groups is 2. The lowest BCUT2D eigenvalue weighted by atomic mass is 10.0. The van der Waals surface area contributed by atoms with Crippen LogP contribution in [-0.2, 0) is 32.6 Å². The molecule has 0 heterocycles. The number of nitrogens with one attached hydrogen (secondary N) is 1. The number of carbonyl (C=O) groups excluding carboxylic acids is 2. The van der Waals surface area contributed by atoms with Gasteiger partial charge in [-0.05, 0) is 72.1 Å². The van der Waals surface area contributed by atoms with Crippen LogP contribution in [0.3, 0.4) is 0 Å². The molecule has 0 aliphatic rings. The van der Waals surface area contributed by atoms with Crippen LogP contribution < -0.4 is 9.62 Å². The fourth-order valence-corrected chi connectivity index (χ4v) is 6.32. The van der Waals surface area contributed by atoms with E-state index in [9.17, 15) is 22.4 Å². The average molecular weight is 657 g/mol. The van der Waals surface area contributed by atoms with Gasteiger partial charge < -0.3 is 10.2 Å². The zero-order chi connectivity index (χ0) is 31.7. The fourth-order valence-electron chi connectivity index (χ4n) is 4.60. The lowest BCUT2D eigenvalue weighted by Crippen LogP contribution is -2.53. The summed E-state index contributed by atoms with van der Waals surface area (Å²) in [7, 11) is -4.30. The Labute approximate surface area is 267 Å². The second kappa shape index (κ2) is 15.2. The summed E-state index contributed by atoms with van der Waals surface area (Å²) in [5.74, 6) is -1.48. The molecule has 0 spiro atoms. The Morgan fingerprint density at radius 3 is 2.16 bits per heavy atom. The number of rotatable bonds is 13. The quantitative estimate of drug-likeness (QED) is 0.178. The van der Waals surface area contributed by atoms with Crippen LogP contribution in [0, 0.1) is 5.82 Å². The van der Waals surface area contributed by atoms with Crippen molar-refractivity contribution in [2.24, 2.45) is 0 Å². The molecule has 0 saturated carbocycles. The van der Waals surface area contributed by atoms with Crippen molar-refractivity contribution in [3.63, 3.8) is 0 Å². The van der Waals surface area contributed by atoms with Crippen molar-refractivity contribution in [1.29, 1.82) is 0 Å². The molecule has 4 aromatic carbocycles. The minimum Gasteiger partial charge on any atom is -0.354 e. The van der Waals surface area contributed by atoms with Gasteiger partial charge in [0.25, 0.3) is 10.0 Å². The van der Waals surface area contributed by atoms with Crippen molar-refractivity contribution in [1.82, 2.24) is 10.2 Å². The van der Waals surface area contributed by atoms with Crippen molar-refractivity contribution in [3.05, 3.63) is 130 Å². The molecule has 4 aromatic rings. The van der Waals surface area contributed by atoms with E-state index in [1.165, 1.54) is 65.6 Å². The first-order chi connectivity index (χ1) is 21.1. The van der Waals surface area contributed by atoms with Crippen LogP contribution in [0.2, 0.25) is 10.0 Å². The summed E-state index contributed by atoms with van der Waals surface area (Å²) in [6.45, 7) is 1.60. The Morgan fingerprint density at radius 1 is 0.841 bits per heavy atom. The molecule has 1 atom stereocenters. The first kappa shape index (κ1) is 33.0. The van der Waals surface area contributed by atoms with Gasteiger partial charge in [0.2, 0.25) is 11.8 Å². The molecule has 1 N–H and O–H groups in total. The molecule has 0 aliphatic carbocycles. The fraction of sp³-hybridized carbons (Fsp3) is 0.212. The van der Waals surface area contributed by atoms with Gasteiger partial charge in [0.05, 0.1) is 10.6 Å². The molecule has 0 saturated heterocycles. The molecular formula is C33H32Cl2FN3O4S. The Morgan fingerprint density at radius 2 is 1.52 bits per heavy atom. The summed E-state index contributed by atoms with van der Waals surface area (Å²) in [6.07, 6.45) is 0.849. The standard InChI is InChI=1S/C33H32Cl2FN3O4S/c1-2-19-37-33(41)31(20-24-7-4-3-5-8-24)38(22-25-11-15-28(36)16-12-25)32(40)23-39(29-10-6-9-27(35)21-29)44(42,43)30-17-13-26(34)14-18-30/h3-18,21,31H,2,19-20,22-23H2,1H3,(H,37,41)/t31-/m1/s1. The minimum atomic E-state index is -4.30. The van der Waals surface area contributed by atoms with Gasteiger partial charge in [-0.15, -0.1) is 0 Å². The lowest BCUT2D eigenvalue weighted by molar-refractivity contribution is -0.140. The maximum atomic E-state index is 14.3. The zero-order valence-electron chi connectivity index (χ0n) is 24.0. The van der Waals surface area contributed by atoms with Crippen molar-refractivity contribution in [2.75, 3.05) is 17.4 Å². The largest absolute Gasteiger partial charge is 0.354 e. The second-order valence-corrected chi connectivity index (χ2v) is 12.8. The summed E-state index contributed by atoms with van der Waals surface area (Å²) in [6, 6.07) is 25.6. The Balaban J connectivity index is 1.79. The summed E-state index contributed by atoms with van der Waals surface area (Å²) < 4.78 is 42.7. The summed E-state index contributed by atoms with van der Waals surface area (Å²) >= 11 is 12.2. The maximum Gasteiger partial charge on any atom is 0.264 e. The molecule has 0 unspecified atom stereocenters. The smallest absolute Gasteiger partial charge is 0.264 e. The second-order valence-electron chi connectivity index (χ2n) is 10.1. The third-order valence-electron chi connectivity index (χ3n) is 6.86. The predicted octanol–water partition coefficient (Wildman–Crippen LogP) is 6.49. The molecule has 4 rings (SSSR count). The van der Waals surface area contributed by atoms with Crippen molar-refractivity contribution in [2.45, 2.75) is 37.2 Å². The van der Waals surface area contributed by atoms with Gasteiger partial charge in [0, 0.05) is 29.6 Å². The van der Waals surface area contributed by atoms with Crippen molar-refractivity contribution < 1.29 is 22.4 Å². The number of halogens is 3. The van der Waals surface area contributed by atoms with E-state index in [0.717, 1.165) is 9.87 Å². The summed E-state index contributed by atoms with van der Waals surface area (Å²) in [4.78, 5) is 29.2. The van der Waals surface area contributed by atoms with E-state index in [1.54, 1.807) is 12.1 Å². The Kier molecular flexibility index (Phi) is 11.4. The number of hydrogen-bond donors (Lipinski definition) is 1. The number of nitrogens with zero attached hydrogens (tertiary/aromatic N) is 2. The van der Waals surface area contributed by atoms with Gasteiger partial charge in [-0.3, -0.25) is 13.9 Å². The first-order valence-electron chi connectivity index (χ1n) is 14.0. The van der Waals surface area contributed by atoms with E-state index in [1.807, 2.05) is 37.3 Å². The third-order valence-corrected chi connectivity index (χ3v) is 9.14. The number of sulfonamides is 1. The van der Waals surface area contributed by atoms with Crippen LogP contribution in [-0.4, -0.2) is 44.3 Å². The van der Waals surface area contributed by atoms with E-state index in [2.05, 4.69) is 5.32 Å². The maximum absolute atomic E-state index is 14.3. The van der Waals surface area contributed by atoms with Crippen LogP contribution in [0.25, 0.3) is 0 Å². The molecule has 0 radical (unpaired) electrons. The predicted molar refractivity (Wildman–Crippen MR) is 172 cm³/mol. The third kappa shape index (κ3) is 8.59. The number of hydrogen-bond acceptors (Lipinski definition) is 4. The van der Waals surface area contributed by atoms with Gasteiger partial charge >= 0.3 is 0 Å². The van der Waals surface area contributed by atoms with Crippen LogP contribution in [0.1, 0.15) is 24.5 Å². The summed E-state index contributed by atoms with van der Waals surface area (Å²) in [5.41, 5.74) is 1.54. The summed E-state index contributed by atoms with van der Waals surface area (Å²) in [5, 5.41) is 3.50. The lowest BCUT2D eigenvalue weighted by Gasteiger charge is -2.34. The van der Waals surface area contributed by atoms with Gasteiger partial charge in [-0.25, -0.2) is 12.8 Å².